The number of aromatic nitrogens is 1. The Morgan fingerprint density at radius 3 is 2.94 bits per heavy atom. The Morgan fingerprint density at radius 1 is 1.28 bits per heavy atom. The van der Waals surface area contributed by atoms with Gasteiger partial charge in [-0.25, -0.2) is 4.98 Å². The van der Waals surface area contributed by atoms with E-state index in [-0.39, 0.29) is 18.2 Å². The molecule has 0 spiro atoms. The van der Waals surface area contributed by atoms with Crippen molar-refractivity contribution < 1.29 is 19.1 Å². The number of benzene rings is 2. The number of nitrogens with one attached hydrogen (secondary N) is 2. The van der Waals surface area contributed by atoms with Crippen LogP contribution in [0.25, 0.3) is 11.3 Å². The smallest absolute Gasteiger partial charge is 0.265 e. The van der Waals surface area contributed by atoms with Crippen molar-refractivity contribution in [3.8, 4) is 22.8 Å². The summed E-state index contributed by atoms with van der Waals surface area (Å²) >= 11 is 13.2. The molecule has 2 N–H and O–H groups in total. The van der Waals surface area contributed by atoms with Crippen LogP contribution in [0.1, 0.15) is 19.8 Å². The standard InChI is InChI=1S/C22H19Cl2N3O4S/c1-12-21(29)25-16-9-13(4-6-19(16)31-12)17-11-32-22(26-17)27-20(28)3-2-8-30-18-7-5-14(23)10-15(18)24/h4-7,9-12H,2-3,8H2,1H3,(H,25,29)(H,26,27,28). The van der Waals surface area contributed by atoms with Crippen LogP contribution in [0.4, 0.5) is 10.8 Å². The fourth-order valence-corrected chi connectivity index (χ4v) is 4.22. The Balaban J connectivity index is 1.29. The molecule has 0 saturated heterocycles. The number of carbonyl (C=O) groups excluding carboxylic acids is 2. The minimum absolute atomic E-state index is 0.156. The molecule has 166 valence electrons. The first kappa shape index (κ1) is 22.4. The maximum absolute atomic E-state index is 12.2. The van der Waals surface area contributed by atoms with Crippen molar-refractivity contribution >= 4 is 57.2 Å². The zero-order valence-corrected chi connectivity index (χ0v) is 19.3. The predicted molar refractivity (Wildman–Crippen MR) is 126 cm³/mol. The lowest BCUT2D eigenvalue weighted by atomic mass is 10.1. The lowest BCUT2D eigenvalue weighted by Gasteiger charge is -2.23. The van der Waals surface area contributed by atoms with Crippen molar-refractivity contribution in [2.75, 3.05) is 17.2 Å². The van der Waals surface area contributed by atoms with Crippen LogP contribution < -0.4 is 20.1 Å². The van der Waals surface area contributed by atoms with Gasteiger partial charge >= 0.3 is 0 Å². The van der Waals surface area contributed by atoms with Crippen molar-refractivity contribution in [1.29, 1.82) is 0 Å². The summed E-state index contributed by atoms with van der Waals surface area (Å²) in [5.74, 6) is 0.800. The molecule has 1 aliphatic heterocycles. The summed E-state index contributed by atoms with van der Waals surface area (Å²) in [6.45, 7) is 2.04. The van der Waals surface area contributed by atoms with Gasteiger partial charge in [0.05, 0.1) is 23.0 Å². The largest absolute Gasteiger partial charge is 0.492 e. The number of carbonyl (C=O) groups is 2. The Bertz CT molecular complexity index is 1170. The number of anilines is 2. The third-order valence-corrected chi connectivity index (χ3v) is 5.94. The van der Waals surface area contributed by atoms with E-state index in [0.717, 1.165) is 5.56 Å². The van der Waals surface area contributed by atoms with Gasteiger partial charge in [0.2, 0.25) is 5.91 Å². The van der Waals surface area contributed by atoms with E-state index >= 15 is 0 Å². The lowest BCUT2D eigenvalue weighted by molar-refractivity contribution is -0.122. The fourth-order valence-electron chi connectivity index (χ4n) is 3.02. The zero-order valence-electron chi connectivity index (χ0n) is 17.0. The number of rotatable bonds is 7. The summed E-state index contributed by atoms with van der Waals surface area (Å²) < 4.78 is 11.2. The highest BCUT2D eigenvalue weighted by Crippen LogP contribution is 2.35. The molecular formula is C22H19Cl2N3O4S. The van der Waals surface area contributed by atoms with Crippen molar-refractivity contribution in [2.45, 2.75) is 25.9 Å². The average molecular weight is 492 g/mol. The molecule has 7 nitrogen and oxygen atoms in total. The number of nitrogens with zero attached hydrogens (tertiary/aromatic N) is 1. The number of halogens is 2. The van der Waals surface area contributed by atoms with E-state index in [9.17, 15) is 9.59 Å². The lowest BCUT2D eigenvalue weighted by Crippen LogP contribution is -2.34. The molecule has 2 heterocycles. The van der Waals surface area contributed by atoms with Gasteiger partial charge in [-0.1, -0.05) is 23.2 Å². The van der Waals surface area contributed by atoms with Crippen LogP contribution in [0, 0.1) is 0 Å². The molecule has 0 saturated carbocycles. The Hall–Kier alpha value is -2.81. The van der Waals surface area contributed by atoms with E-state index in [1.807, 2.05) is 11.4 Å². The molecule has 3 aromatic rings. The van der Waals surface area contributed by atoms with Crippen molar-refractivity contribution in [3.05, 3.63) is 51.8 Å². The molecule has 1 atom stereocenters. The van der Waals surface area contributed by atoms with E-state index in [2.05, 4.69) is 15.6 Å². The van der Waals surface area contributed by atoms with Gasteiger partial charge in [0, 0.05) is 22.4 Å². The highest BCUT2D eigenvalue weighted by molar-refractivity contribution is 7.14. The second-order valence-corrected chi connectivity index (χ2v) is 8.77. The van der Waals surface area contributed by atoms with Gasteiger partial charge in [-0.3, -0.25) is 9.59 Å². The van der Waals surface area contributed by atoms with Gasteiger partial charge in [0.1, 0.15) is 11.5 Å². The summed E-state index contributed by atoms with van der Waals surface area (Å²) in [6.07, 6.45) is 0.273. The number of fused-ring (bicyclic) bond motifs is 1. The Morgan fingerprint density at radius 2 is 2.12 bits per heavy atom. The van der Waals surface area contributed by atoms with Gasteiger partial charge in [0.25, 0.3) is 5.91 Å². The molecule has 1 unspecified atom stereocenters. The maximum Gasteiger partial charge on any atom is 0.265 e. The second-order valence-electron chi connectivity index (χ2n) is 7.07. The van der Waals surface area contributed by atoms with Crippen molar-refractivity contribution in [2.24, 2.45) is 0 Å². The maximum atomic E-state index is 12.2. The predicted octanol–water partition coefficient (Wildman–Crippen LogP) is 5.63. The normalized spacial score (nSPS) is 14.8. The van der Waals surface area contributed by atoms with Gasteiger partial charge in [-0.15, -0.1) is 11.3 Å². The van der Waals surface area contributed by atoms with E-state index < -0.39 is 6.10 Å². The summed E-state index contributed by atoms with van der Waals surface area (Å²) in [6, 6.07) is 10.5. The number of hydrogen-bond donors (Lipinski definition) is 2. The summed E-state index contributed by atoms with van der Waals surface area (Å²) in [5.41, 5.74) is 2.11. The average Bonchev–Trinajstić information content (AvgIpc) is 3.21. The Kier molecular flexibility index (Phi) is 6.83. The number of ether oxygens (including phenoxy) is 2. The first-order valence-electron chi connectivity index (χ1n) is 9.84. The molecule has 0 aliphatic carbocycles. The number of amides is 2. The number of thiazole rings is 1. The highest BCUT2D eigenvalue weighted by atomic mass is 35.5. The third-order valence-electron chi connectivity index (χ3n) is 4.66. The van der Waals surface area contributed by atoms with E-state index in [0.29, 0.717) is 51.1 Å². The molecule has 4 rings (SSSR count). The van der Waals surface area contributed by atoms with Crippen LogP contribution in [-0.2, 0) is 9.59 Å². The van der Waals surface area contributed by atoms with E-state index in [1.54, 1.807) is 37.3 Å². The van der Waals surface area contributed by atoms with Gasteiger partial charge < -0.3 is 20.1 Å². The van der Waals surface area contributed by atoms with Crippen LogP contribution in [-0.4, -0.2) is 29.5 Å². The molecule has 0 fully saturated rings. The van der Waals surface area contributed by atoms with E-state index in [4.69, 9.17) is 32.7 Å². The molecule has 2 aromatic carbocycles. The molecule has 0 radical (unpaired) electrons. The minimum Gasteiger partial charge on any atom is -0.492 e. The van der Waals surface area contributed by atoms with E-state index in [1.165, 1.54) is 11.3 Å². The molecule has 0 bridgehead atoms. The van der Waals surface area contributed by atoms with Gasteiger partial charge in [-0.05, 0) is 49.7 Å². The van der Waals surface area contributed by atoms with Crippen LogP contribution >= 0.6 is 34.5 Å². The second kappa shape index (κ2) is 9.77. The first-order chi connectivity index (χ1) is 15.4. The molecule has 1 aliphatic rings. The zero-order chi connectivity index (χ0) is 22.7. The molecule has 10 heteroatoms. The summed E-state index contributed by atoms with van der Waals surface area (Å²) in [5, 5.41) is 8.93. The first-order valence-corrected chi connectivity index (χ1v) is 11.5. The molecule has 2 amide bonds. The van der Waals surface area contributed by atoms with Crippen LogP contribution in [0.5, 0.6) is 11.5 Å². The van der Waals surface area contributed by atoms with Crippen LogP contribution in [0.15, 0.2) is 41.8 Å². The van der Waals surface area contributed by atoms with Crippen LogP contribution in [0.3, 0.4) is 0 Å². The monoisotopic (exact) mass is 491 g/mol. The number of hydrogen-bond acceptors (Lipinski definition) is 6. The summed E-state index contributed by atoms with van der Waals surface area (Å²) in [4.78, 5) is 28.5. The van der Waals surface area contributed by atoms with Crippen molar-refractivity contribution in [1.82, 2.24) is 4.98 Å². The Labute approximate surface area is 198 Å². The SMILES string of the molecule is CC1Oc2ccc(-c3csc(NC(=O)CCCOc4ccc(Cl)cc4Cl)n3)cc2NC1=O. The highest BCUT2D eigenvalue weighted by Gasteiger charge is 2.24. The fraction of sp³-hybridized carbons (Fsp3) is 0.227. The van der Waals surface area contributed by atoms with Crippen molar-refractivity contribution in [3.63, 3.8) is 0 Å². The molecular weight excluding hydrogens is 473 g/mol. The third kappa shape index (κ3) is 5.32. The van der Waals surface area contributed by atoms with Crippen LogP contribution in [0.2, 0.25) is 10.0 Å². The van der Waals surface area contributed by atoms with Gasteiger partial charge in [0.15, 0.2) is 11.2 Å². The molecule has 1 aromatic heterocycles. The topological polar surface area (TPSA) is 89.6 Å². The molecule has 32 heavy (non-hydrogen) atoms. The quantitative estimate of drug-likeness (QED) is 0.417. The van der Waals surface area contributed by atoms with Gasteiger partial charge in [-0.2, -0.15) is 0 Å². The summed E-state index contributed by atoms with van der Waals surface area (Å²) in [7, 11) is 0. The minimum atomic E-state index is -0.525.